The summed E-state index contributed by atoms with van der Waals surface area (Å²) in [7, 11) is 0. The predicted molar refractivity (Wildman–Crippen MR) is 52.1 cm³/mol. The Kier molecular flexibility index (Phi) is 3.23. The third-order valence-electron chi connectivity index (χ3n) is 1.81. The monoisotopic (exact) mass is 193 g/mol. The van der Waals surface area contributed by atoms with Crippen LogP contribution < -0.4 is 5.43 Å². The Morgan fingerprint density at radius 2 is 2.07 bits per heavy atom. The first-order chi connectivity index (χ1) is 6.59. The van der Waals surface area contributed by atoms with Gasteiger partial charge in [0.05, 0.1) is 0 Å². The highest BCUT2D eigenvalue weighted by Crippen LogP contribution is 1.94. The van der Waals surface area contributed by atoms with Crippen LogP contribution in [0.5, 0.6) is 0 Å². The molecule has 0 amide bonds. The first kappa shape index (κ1) is 10.2. The minimum absolute atomic E-state index is 0.0554. The summed E-state index contributed by atoms with van der Waals surface area (Å²) in [6, 6.07) is 2.87. The van der Waals surface area contributed by atoms with Gasteiger partial charge in [0.2, 0.25) is 0 Å². The maximum Gasteiger partial charge on any atom is 0.331 e. The summed E-state index contributed by atoms with van der Waals surface area (Å²) in [6.07, 6.45) is 4.83. The van der Waals surface area contributed by atoms with E-state index in [1.165, 1.54) is 19.1 Å². The molecule has 1 aromatic heterocycles. The maximum absolute atomic E-state index is 10.7. The molecule has 1 heterocycles. The molecule has 0 aliphatic carbocycles. The van der Waals surface area contributed by atoms with E-state index in [0.717, 1.165) is 0 Å². The zero-order valence-electron chi connectivity index (χ0n) is 7.80. The van der Waals surface area contributed by atoms with Crippen LogP contribution in [0.3, 0.4) is 0 Å². The van der Waals surface area contributed by atoms with Crippen LogP contribution in [-0.2, 0) is 11.3 Å². The van der Waals surface area contributed by atoms with Gasteiger partial charge in [0.15, 0.2) is 5.43 Å². The van der Waals surface area contributed by atoms with Gasteiger partial charge in [-0.2, -0.15) is 0 Å². The van der Waals surface area contributed by atoms with E-state index in [0.29, 0.717) is 12.1 Å². The van der Waals surface area contributed by atoms with Crippen LogP contribution in [0.2, 0.25) is 0 Å². The molecule has 0 bridgehead atoms. The molecule has 4 nitrogen and oxygen atoms in total. The number of carboxylic acids is 1. The lowest BCUT2D eigenvalue weighted by Crippen LogP contribution is -2.04. The fraction of sp³-hybridized carbons (Fsp3) is 0.200. The van der Waals surface area contributed by atoms with Crippen LogP contribution in [0.1, 0.15) is 6.92 Å². The average Bonchev–Trinajstić information content (AvgIpc) is 2.16. The SMILES string of the molecule is CC(=CCn1ccc(=O)cc1)C(=O)O. The molecule has 1 N–H and O–H groups in total. The van der Waals surface area contributed by atoms with Crippen molar-refractivity contribution in [3.8, 4) is 0 Å². The number of hydrogen-bond acceptors (Lipinski definition) is 2. The molecule has 4 heteroatoms. The number of pyridine rings is 1. The molecule has 74 valence electrons. The van der Waals surface area contributed by atoms with E-state index in [-0.39, 0.29) is 5.43 Å². The lowest BCUT2D eigenvalue weighted by molar-refractivity contribution is -0.132. The number of allylic oxidation sites excluding steroid dienone is 1. The molecule has 14 heavy (non-hydrogen) atoms. The molecule has 0 aromatic carbocycles. The van der Waals surface area contributed by atoms with Gasteiger partial charge in [-0.1, -0.05) is 6.08 Å². The molecule has 0 saturated carbocycles. The van der Waals surface area contributed by atoms with Gasteiger partial charge in [-0.3, -0.25) is 4.79 Å². The molecule has 0 saturated heterocycles. The van der Waals surface area contributed by atoms with Crippen LogP contribution >= 0.6 is 0 Å². The maximum atomic E-state index is 10.7. The van der Waals surface area contributed by atoms with Gasteiger partial charge in [-0.25, -0.2) is 4.79 Å². The summed E-state index contributed by atoms with van der Waals surface area (Å²) in [5, 5.41) is 8.58. The second-order valence-electron chi connectivity index (χ2n) is 2.92. The van der Waals surface area contributed by atoms with Crippen molar-refractivity contribution in [2.24, 2.45) is 0 Å². The Balaban J connectivity index is 2.71. The first-order valence-electron chi connectivity index (χ1n) is 4.16. The highest BCUT2D eigenvalue weighted by atomic mass is 16.4. The van der Waals surface area contributed by atoms with Crippen LogP contribution in [0.25, 0.3) is 0 Å². The number of nitrogens with zero attached hydrogens (tertiary/aromatic N) is 1. The molecule has 1 aromatic rings. The van der Waals surface area contributed by atoms with Gasteiger partial charge in [-0.15, -0.1) is 0 Å². The van der Waals surface area contributed by atoms with E-state index in [1.807, 2.05) is 0 Å². The third-order valence-corrected chi connectivity index (χ3v) is 1.81. The fourth-order valence-corrected chi connectivity index (χ4v) is 0.895. The average molecular weight is 193 g/mol. The lowest BCUT2D eigenvalue weighted by Gasteiger charge is -2.01. The largest absolute Gasteiger partial charge is 0.478 e. The summed E-state index contributed by atoms with van der Waals surface area (Å²) < 4.78 is 1.73. The third kappa shape index (κ3) is 2.90. The predicted octanol–water partition coefficient (Wildman–Crippen LogP) is 0.879. The van der Waals surface area contributed by atoms with Crippen LogP contribution in [-0.4, -0.2) is 15.6 Å². The second-order valence-corrected chi connectivity index (χ2v) is 2.92. The number of carbonyl (C=O) groups is 1. The van der Waals surface area contributed by atoms with Gasteiger partial charge in [-0.05, 0) is 6.92 Å². The van der Waals surface area contributed by atoms with E-state index in [4.69, 9.17) is 5.11 Å². The van der Waals surface area contributed by atoms with Crippen molar-refractivity contribution in [1.29, 1.82) is 0 Å². The summed E-state index contributed by atoms with van der Waals surface area (Å²) >= 11 is 0. The van der Waals surface area contributed by atoms with E-state index in [1.54, 1.807) is 23.0 Å². The smallest absolute Gasteiger partial charge is 0.331 e. The Morgan fingerprint density at radius 3 is 2.57 bits per heavy atom. The minimum Gasteiger partial charge on any atom is -0.478 e. The Hall–Kier alpha value is -1.84. The Bertz CT molecular complexity index is 397. The van der Waals surface area contributed by atoms with Crippen molar-refractivity contribution < 1.29 is 9.90 Å². The van der Waals surface area contributed by atoms with Gasteiger partial charge < -0.3 is 9.67 Å². The van der Waals surface area contributed by atoms with Crippen LogP contribution in [0.4, 0.5) is 0 Å². The molecule has 0 spiro atoms. The molecule has 0 radical (unpaired) electrons. The fourth-order valence-electron chi connectivity index (χ4n) is 0.895. The van der Waals surface area contributed by atoms with Crippen molar-refractivity contribution in [3.63, 3.8) is 0 Å². The van der Waals surface area contributed by atoms with E-state index < -0.39 is 5.97 Å². The molecule has 0 aliphatic heterocycles. The summed E-state index contributed by atoms with van der Waals surface area (Å²) in [6.45, 7) is 1.99. The van der Waals surface area contributed by atoms with Crippen molar-refractivity contribution in [1.82, 2.24) is 4.57 Å². The molecule has 0 fully saturated rings. The van der Waals surface area contributed by atoms with Crippen molar-refractivity contribution in [2.45, 2.75) is 13.5 Å². The van der Waals surface area contributed by atoms with Crippen LogP contribution in [0, 0.1) is 0 Å². The van der Waals surface area contributed by atoms with Gasteiger partial charge in [0, 0.05) is 36.6 Å². The van der Waals surface area contributed by atoms with Crippen molar-refractivity contribution in [3.05, 3.63) is 46.4 Å². The highest BCUT2D eigenvalue weighted by molar-refractivity contribution is 5.85. The lowest BCUT2D eigenvalue weighted by atomic mass is 10.3. The molecule has 0 aliphatic rings. The first-order valence-corrected chi connectivity index (χ1v) is 4.16. The molecule has 1 rings (SSSR count). The number of carboxylic acid groups (broad SMARTS) is 1. The van der Waals surface area contributed by atoms with Gasteiger partial charge in [0.25, 0.3) is 0 Å². The van der Waals surface area contributed by atoms with Crippen LogP contribution in [0.15, 0.2) is 41.0 Å². The van der Waals surface area contributed by atoms with Crippen molar-refractivity contribution >= 4 is 5.97 Å². The number of hydrogen-bond donors (Lipinski definition) is 1. The summed E-state index contributed by atoms with van der Waals surface area (Å²) in [4.78, 5) is 21.2. The van der Waals surface area contributed by atoms with Gasteiger partial charge in [0.1, 0.15) is 0 Å². The molecular formula is C10H11NO3. The number of rotatable bonds is 3. The quantitative estimate of drug-likeness (QED) is 0.725. The second kappa shape index (κ2) is 4.41. The normalized spacial score (nSPS) is 11.4. The zero-order chi connectivity index (χ0) is 10.6. The van der Waals surface area contributed by atoms with E-state index >= 15 is 0 Å². The highest BCUT2D eigenvalue weighted by Gasteiger charge is 1.97. The van der Waals surface area contributed by atoms with E-state index in [2.05, 4.69) is 0 Å². The van der Waals surface area contributed by atoms with E-state index in [9.17, 15) is 9.59 Å². The standard InChI is InChI=1S/C10H11NO3/c1-8(10(13)14)2-5-11-6-3-9(12)4-7-11/h2-4,6-7H,5H2,1H3,(H,13,14). The zero-order valence-corrected chi connectivity index (χ0v) is 7.80. The molecule has 0 unspecified atom stereocenters. The molecule has 0 atom stereocenters. The number of aliphatic carboxylic acids is 1. The summed E-state index contributed by atoms with van der Waals surface area (Å²) in [5.41, 5.74) is 0.240. The molecular weight excluding hydrogens is 182 g/mol. The topological polar surface area (TPSA) is 59.3 Å². The number of aromatic nitrogens is 1. The summed E-state index contributed by atoms with van der Waals surface area (Å²) in [5.74, 6) is -0.925. The Morgan fingerprint density at radius 1 is 1.50 bits per heavy atom. The Labute approximate surface area is 81.1 Å². The van der Waals surface area contributed by atoms with Gasteiger partial charge >= 0.3 is 5.97 Å². The minimum atomic E-state index is -0.925. The van der Waals surface area contributed by atoms with Crippen molar-refractivity contribution in [2.75, 3.05) is 0 Å².